The molecular weight excluding hydrogens is 681 g/mol. The van der Waals surface area contributed by atoms with Crippen molar-refractivity contribution in [2.75, 3.05) is 0 Å². The maximum atomic E-state index is 14.0. The number of aliphatic imine (C=N–C) groups is 2. The molecule has 2 aromatic carbocycles. The Hall–Kier alpha value is -6.62. The lowest BCUT2D eigenvalue weighted by atomic mass is 10.2. The quantitative estimate of drug-likeness (QED) is 0.155. The van der Waals surface area contributed by atoms with E-state index >= 15 is 0 Å². The summed E-state index contributed by atoms with van der Waals surface area (Å²) in [6.45, 7) is -0.0417. The molecule has 5 heterocycles. The van der Waals surface area contributed by atoms with Crippen LogP contribution in [0.3, 0.4) is 0 Å². The Morgan fingerprint density at radius 3 is 1.35 bits per heavy atom. The SMILES string of the molecule is N#CC(C#N)=Nc1cc2c(s1)c1sc3c4sc(N=C(C#N)C#N)cc4n(C(=O)OCc4ccccc4)c3c1n2C(=O)OCc1ccccc1. The Balaban J connectivity index is 1.47. The number of fused-ring (bicyclic) bond motifs is 7. The molecule has 0 bridgehead atoms. The molecule has 0 aliphatic carbocycles. The number of hydrogen-bond acceptors (Lipinski definition) is 13. The lowest BCUT2D eigenvalue weighted by Gasteiger charge is -2.10. The average molecular weight is 697 g/mol. The van der Waals surface area contributed by atoms with E-state index in [9.17, 15) is 30.6 Å². The van der Waals surface area contributed by atoms with Gasteiger partial charge in [0, 0.05) is 0 Å². The van der Waals surface area contributed by atoms with Crippen LogP contribution in [0.15, 0.2) is 82.8 Å². The van der Waals surface area contributed by atoms with Crippen LogP contribution in [0.25, 0.3) is 40.9 Å². The number of hydrogen-bond donors (Lipinski definition) is 0. The van der Waals surface area contributed by atoms with Crippen molar-refractivity contribution in [1.82, 2.24) is 9.13 Å². The predicted molar refractivity (Wildman–Crippen MR) is 187 cm³/mol. The first-order chi connectivity index (χ1) is 23.9. The topological polar surface area (TPSA) is 182 Å². The Bertz CT molecular complexity index is 2480. The molecule has 0 amide bonds. The van der Waals surface area contributed by atoms with E-state index in [0.29, 0.717) is 50.9 Å². The minimum absolute atomic E-state index is 0.0209. The molecule has 7 rings (SSSR count). The minimum atomic E-state index is -0.718. The molecule has 234 valence electrons. The summed E-state index contributed by atoms with van der Waals surface area (Å²) in [5.74, 6) is 0. The molecule has 0 radical (unpaired) electrons. The summed E-state index contributed by atoms with van der Waals surface area (Å²) >= 11 is 3.68. The molecule has 7 aromatic rings. The van der Waals surface area contributed by atoms with Crippen LogP contribution in [0.5, 0.6) is 0 Å². The lowest BCUT2D eigenvalue weighted by Crippen LogP contribution is -2.16. The van der Waals surface area contributed by atoms with Gasteiger partial charge < -0.3 is 9.47 Å². The van der Waals surface area contributed by atoms with Crippen LogP contribution >= 0.6 is 34.0 Å². The van der Waals surface area contributed by atoms with E-state index in [1.54, 1.807) is 36.4 Å². The van der Waals surface area contributed by atoms with Crippen LogP contribution in [0.4, 0.5) is 19.6 Å². The molecular formula is C34H16N8O4S3. The summed E-state index contributed by atoms with van der Waals surface area (Å²) in [6, 6.07) is 28.5. The molecule has 5 aromatic heterocycles. The average Bonchev–Trinajstić information content (AvgIpc) is 3.93. The number of carbonyl (C=O) groups is 2. The number of carbonyl (C=O) groups excluding carboxylic acids is 2. The smallest absolute Gasteiger partial charge is 0.419 e. The fourth-order valence-corrected chi connectivity index (χ4v) is 8.79. The van der Waals surface area contributed by atoms with Crippen molar-refractivity contribution in [3.05, 3.63) is 83.9 Å². The van der Waals surface area contributed by atoms with Gasteiger partial charge in [0.05, 0.1) is 40.9 Å². The van der Waals surface area contributed by atoms with Crippen LogP contribution in [0, 0.1) is 45.3 Å². The van der Waals surface area contributed by atoms with Gasteiger partial charge in [-0.1, -0.05) is 60.7 Å². The second-order valence-corrected chi connectivity index (χ2v) is 13.3. The van der Waals surface area contributed by atoms with E-state index in [1.165, 1.54) is 43.1 Å². The number of ether oxygens (including phenoxy) is 2. The zero-order chi connectivity index (χ0) is 34.1. The molecule has 0 atom stereocenters. The number of thiophene rings is 3. The molecule has 15 heteroatoms. The highest BCUT2D eigenvalue weighted by atomic mass is 32.1. The summed E-state index contributed by atoms with van der Waals surface area (Å²) in [7, 11) is 0. The summed E-state index contributed by atoms with van der Waals surface area (Å²) in [6.07, 6.45) is -1.44. The summed E-state index contributed by atoms with van der Waals surface area (Å²) < 4.78 is 16.8. The van der Waals surface area contributed by atoms with Crippen molar-refractivity contribution < 1.29 is 19.1 Å². The Labute approximate surface area is 288 Å². The Morgan fingerprint density at radius 2 is 0.980 bits per heavy atom. The van der Waals surface area contributed by atoms with Gasteiger partial charge in [-0.3, -0.25) is 0 Å². The van der Waals surface area contributed by atoms with Crippen molar-refractivity contribution in [3.8, 4) is 24.3 Å². The zero-order valence-electron chi connectivity index (χ0n) is 24.8. The van der Waals surface area contributed by atoms with Gasteiger partial charge in [-0.2, -0.15) is 21.0 Å². The van der Waals surface area contributed by atoms with E-state index in [1.807, 2.05) is 60.7 Å². The van der Waals surface area contributed by atoms with E-state index in [-0.39, 0.29) is 24.6 Å². The first-order valence-electron chi connectivity index (χ1n) is 14.2. The molecule has 0 aliphatic rings. The van der Waals surface area contributed by atoms with Crippen LogP contribution in [0.2, 0.25) is 0 Å². The molecule has 0 fully saturated rings. The number of nitriles is 4. The van der Waals surface area contributed by atoms with Crippen molar-refractivity contribution in [2.45, 2.75) is 13.2 Å². The third-order valence-corrected chi connectivity index (χ3v) is 10.8. The van der Waals surface area contributed by atoms with Gasteiger partial charge in [0.15, 0.2) is 0 Å². The van der Waals surface area contributed by atoms with Crippen LogP contribution in [-0.4, -0.2) is 32.7 Å². The summed E-state index contributed by atoms with van der Waals surface area (Å²) in [5.41, 5.74) is 2.49. The fraction of sp³-hybridized carbons (Fsp3) is 0.0588. The summed E-state index contributed by atoms with van der Waals surface area (Å²) in [5, 5.41) is 37.8. The molecule has 0 saturated carbocycles. The van der Waals surface area contributed by atoms with E-state index in [0.717, 1.165) is 11.1 Å². The van der Waals surface area contributed by atoms with Gasteiger partial charge in [-0.15, -0.1) is 34.0 Å². The van der Waals surface area contributed by atoms with Crippen LogP contribution in [0.1, 0.15) is 11.1 Å². The highest BCUT2D eigenvalue weighted by molar-refractivity contribution is 7.35. The fourth-order valence-electron chi connectivity index (χ4n) is 5.20. The highest BCUT2D eigenvalue weighted by Crippen LogP contribution is 2.51. The van der Waals surface area contributed by atoms with E-state index in [2.05, 4.69) is 9.98 Å². The Morgan fingerprint density at radius 1 is 0.592 bits per heavy atom. The Kier molecular flexibility index (Phi) is 8.15. The molecule has 12 nitrogen and oxygen atoms in total. The summed E-state index contributed by atoms with van der Waals surface area (Å²) in [4.78, 5) is 36.3. The van der Waals surface area contributed by atoms with E-state index < -0.39 is 12.2 Å². The van der Waals surface area contributed by atoms with Crippen molar-refractivity contribution in [3.63, 3.8) is 0 Å². The minimum Gasteiger partial charge on any atom is -0.444 e. The lowest BCUT2D eigenvalue weighted by molar-refractivity contribution is 0.142. The second-order valence-electron chi connectivity index (χ2n) is 10.2. The highest BCUT2D eigenvalue weighted by Gasteiger charge is 2.31. The molecule has 0 N–H and O–H groups in total. The number of rotatable bonds is 6. The largest absolute Gasteiger partial charge is 0.444 e. The van der Waals surface area contributed by atoms with Gasteiger partial charge in [-0.05, 0) is 23.3 Å². The van der Waals surface area contributed by atoms with Crippen molar-refractivity contribution in [2.24, 2.45) is 9.98 Å². The van der Waals surface area contributed by atoms with Gasteiger partial charge in [-0.25, -0.2) is 28.7 Å². The normalized spacial score (nSPS) is 10.7. The predicted octanol–water partition coefficient (Wildman–Crippen LogP) is 8.70. The second kappa shape index (κ2) is 12.9. The molecule has 49 heavy (non-hydrogen) atoms. The van der Waals surface area contributed by atoms with Crippen molar-refractivity contribution >= 4 is 108 Å². The van der Waals surface area contributed by atoms with Gasteiger partial charge in [0.2, 0.25) is 11.4 Å². The van der Waals surface area contributed by atoms with Gasteiger partial charge >= 0.3 is 12.2 Å². The third kappa shape index (κ3) is 5.57. The number of benzene rings is 2. The molecule has 0 unspecified atom stereocenters. The molecule has 0 saturated heterocycles. The first kappa shape index (κ1) is 31.0. The number of nitrogens with zero attached hydrogens (tertiary/aromatic N) is 8. The third-order valence-electron chi connectivity index (χ3n) is 7.24. The maximum Gasteiger partial charge on any atom is 0.419 e. The standard InChI is InChI=1S/C34H16N8O4S3/c35-13-21(14-36)39-25-11-23-29(47-25)31-27(41(23)33(43)45-17-19-7-3-1-4-8-19)28-32(49-31)30-24(12-26(48-30)40-22(15-37)16-38)42(28)34(44)46-18-20-9-5-2-6-10-20/h1-12H,17-18H2. The van der Waals surface area contributed by atoms with Crippen LogP contribution in [-0.2, 0) is 22.7 Å². The monoisotopic (exact) mass is 696 g/mol. The van der Waals surface area contributed by atoms with Gasteiger partial charge in [0.1, 0.15) is 47.5 Å². The molecule has 0 spiro atoms. The van der Waals surface area contributed by atoms with E-state index in [4.69, 9.17) is 9.47 Å². The zero-order valence-corrected chi connectivity index (χ0v) is 27.2. The molecule has 0 aliphatic heterocycles. The first-order valence-corrected chi connectivity index (χ1v) is 16.6. The van der Waals surface area contributed by atoms with Gasteiger partial charge in [0.25, 0.3) is 0 Å². The maximum absolute atomic E-state index is 14.0. The van der Waals surface area contributed by atoms with Crippen molar-refractivity contribution in [1.29, 1.82) is 21.0 Å². The number of aromatic nitrogens is 2. The van der Waals surface area contributed by atoms with Crippen LogP contribution < -0.4 is 0 Å².